The fraction of sp³-hybridized carbons (Fsp3) is 0.312. The summed E-state index contributed by atoms with van der Waals surface area (Å²) in [5.41, 5.74) is 5.53. The fourth-order valence-corrected chi connectivity index (χ4v) is 6.46. The number of rotatable bonds is 9. The Kier molecular flexibility index (Phi) is 6.71. The molecular weight excluding hydrogens is 550 g/mol. The van der Waals surface area contributed by atoms with Crippen molar-refractivity contribution in [1.29, 1.82) is 0 Å². The second-order valence-electron chi connectivity index (χ2n) is 7.39. The van der Waals surface area contributed by atoms with E-state index in [0.717, 1.165) is 16.2 Å². The first-order valence-corrected chi connectivity index (χ1v) is 13.0. The Bertz CT molecular complexity index is 1420. The number of carbonyl (C=O) groups excluding carboxylic acids is 2. The normalized spacial score (nSPS) is 19.5. The van der Waals surface area contributed by atoms with Crippen LogP contribution < -0.4 is 11.1 Å². The number of β-lactam (4-membered cyclic amide) rings is 1. The quantitative estimate of drug-likeness (QED) is 0.0617. The third kappa shape index (κ3) is 4.70. The number of aliphatic carboxylic acids is 1. The summed E-state index contributed by atoms with van der Waals surface area (Å²) in [5.74, 6) is -1.81. The molecule has 6 N–H and O–H groups in total. The van der Waals surface area contributed by atoms with Crippen LogP contribution in [0.25, 0.3) is 0 Å². The summed E-state index contributed by atoms with van der Waals surface area (Å²) < 4.78 is 1.45. The van der Waals surface area contributed by atoms with Crippen LogP contribution in [0.3, 0.4) is 0 Å². The number of nitrogens with zero attached hydrogens (tertiary/aromatic N) is 10. The van der Waals surface area contributed by atoms with Gasteiger partial charge in [-0.2, -0.15) is 0 Å². The first-order valence-electron chi connectivity index (χ1n) is 10.1. The van der Waals surface area contributed by atoms with Crippen molar-refractivity contribution >= 4 is 63.5 Å². The van der Waals surface area contributed by atoms with E-state index in [1.54, 1.807) is 0 Å². The van der Waals surface area contributed by atoms with Crippen molar-refractivity contribution in [2.24, 2.45) is 5.16 Å². The smallest absolute Gasteiger partial charge is 0.352 e. The minimum atomic E-state index is -1.28. The van der Waals surface area contributed by atoms with E-state index in [1.807, 2.05) is 0 Å². The Morgan fingerprint density at radius 3 is 2.86 bits per heavy atom. The zero-order chi connectivity index (χ0) is 26.1. The molecule has 2 aliphatic heterocycles. The van der Waals surface area contributed by atoms with Crippen molar-refractivity contribution in [3.8, 4) is 0 Å². The number of nitrogens with one attached hydrogen (secondary N) is 2. The van der Waals surface area contributed by atoms with Crippen LogP contribution in [0, 0.1) is 0 Å². The molecule has 37 heavy (non-hydrogen) atoms. The summed E-state index contributed by atoms with van der Waals surface area (Å²) in [6.45, 7) is 0.183. The summed E-state index contributed by atoms with van der Waals surface area (Å²) in [4.78, 5) is 42.7. The lowest BCUT2D eigenvalue weighted by Gasteiger charge is -2.49. The summed E-state index contributed by atoms with van der Waals surface area (Å²) in [7, 11) is 0. The van der Waals surface area contributed by atoms with Crippen molar-refractivity contribution < 1.29 is 24.7 Å². The van der Waals surface area contributed by atoms with Gasteiger partial charge < -0.3 is 21.4 Å². The summed E-state index contributed by atoms with van der Waals surface area (Å²) in [6, 6.07) is -1.02. The minimum Gasteiger partial charge on any atom is -0.477 e. The van der Waals surface area contributed by atoms with Crippen molar-refractivity contribution in [2.75, 3.05) is 17.2 Å². The third-order valence-electron chi connectivity index (χ3n) is 5.18. The number of thiazole rings is 1. The van der Waals surface area contributed by atoms with Gasteiger partial charge in [-0.15, -0.1) is 33.3 Å². The highest BCUT2D eigenvalue weighted by Gasteiger charge is 2.54. The molecule has 0 spiro atoms. The number of thioether (sulfide) groups is 2. The fourth-order valence-electron chi connectivity index (χ4n) is 3.55. The van der Waals surface area contributed by atoms with E-state index in [2.05, 4.69) is 51.6 Å². The Morgan fingerprint density at radius 1 is 1.35 bits per heavy atom. The topological polar surface area (TPSA) is 256 Å². The van der Waals surface area contributed by atoms with Crippen LogP contribution in [0.1, 0.15) is 11.5 Å². The van der Waals surface area contributed by atoms with Gasteiger partial charge in [0.25, 0.3) is 11.8 Å². The van der Waals surface area contributed by atoms with E-state index in [0.29, 0.717) is 16.6 Å². The van der Waals surface area contributed by atoms with Gasteiger partial charge in [0.05, 0.1) is 0 Å². The molecule has 2 atom stereocenters. The lowest BCUT2D eigenvalue weighted by atomic mass is 10.0. The zero-order valence-corrected chi connectivity index (χ0v) is 20.7. The van der Waals surface area contributed by atoms with Gasteiger partial charge in [-0.3, -0.25) is 14.5 Å². The molecule has 2 aliphatic rings. The van der Waals surface area contributed by atoms with E-state index in [-0.39, 0.29) is 34.6 Å². The van der Waals surface area contributed by atoms with E-state index < -0.39 is 34.9 Å². The Morgan fingerprint density at radius 2 is 2.19 bits per heavy atom. The van der Waals surface area contributed by atoms with Gasteiger partial charge in [-0.1, -0.05) is 16.9 Å². The Labute approximate surface area is 217 Å². The highest BCUT2D eigenvalue weighted by Crippen LogP contribution is 2.41. The van der Waals surface area contributed by atoms with Gasteiger partial charge in [0.15, 0.2) is 16.7 Å². The number of carbonyl (C=O) groups is 3. The number of hydrogen-bond donors (Lipinski definition) is 5. The molecule has 0 unspecified atom stereocenters. The van der Waals surface area contributed by atoms with Crippen molar-refractivity contribution in [3.05, 3.63) is 28.2 Å². The van der Waals surface area contributed by atoms with Crippen LogP contribution in [-0.2, 0) is 20.9 Å². The average molecular weight is 566 g/mol. The highest BCUT2D eigenvalue weighted by molar-refractivity contribution is 8.01. The van der Waals surface area contributed by atoms with E-state index >= 15 is 0 Å². The number of tetrazole rings is 2. The van der Waals surface area contributed by atoms with Crippen LogP contribution in [0.2, 0.25) is 0 Å². The zero-order valence-electron chi connectivity index (χ0n) is 18.2. The molecule has 0 radical (unpaired) electrons. The molecule has 0 bridgehead atoms. The first kappa shape index (κ1) is 24.6. The second kappa shape index (κ2) is 10.1. The summed E-state index contributed by atoms with van der Waals surface area (Å²) in [5, 5.41) is 50.8. The largest absolute Gasteiger partial charge is 0.477 e. The van der Waals surface area contributed by atoms with Crippen LogP contribution in [0.15, 0.2) is 27.0 Å². The number of carboxylic acid groups (broad SMARTS) is 1. The van der Waals surface area contributed by atoms with Gasteiger partial charge in [-0.05, 0) is 26.4 Å². The van der Waals surface area contributed by atoms with Crippen LogP contribution in [-0.4, -0.2) is 107 Å². The van der Waals surface area contributed by atoms with E-state index in [1.165, 1.54) is 33.6 Å². The number of carboxylic acids is 1. The number of fused-ring (bicyclic) bond motifs is 1. The molecular formula is C16H15N13O5S3. The molecule has 3 aromatic heterocycles. The lowest BCUT2D eigenvalue weighted by Crippen LogP contribution is -2.71. The number of nitrogens with two attached hydrogens (primary N) is 1. The van der Waals surface area contributed by atoms with E-state index in [9.17, 15) is 24.7 Å². The Hall–Kier alpha value is -4.11. The van der Waals surface area contributed by atoms with Crippen molar-refractivity contribution in [2.45, 2.75) is 23.1 Å². The number of nitrogen functional groups attached to an aromatic ring is 1. The molecule has 0 aliphatic carbocycles. The van der Waals surface area contributed by atoms with Gasteiger partial charge in [0.2, 0.25) is 5.16 Å². The predicted molar refractivity (Wildman–Crippen MR) is 126 cm³/mol. The van der Waals surface area contributed by atoms with Crippen molar-refractivity contribution in [1.82, 2.24) is 56.0 Å². The standard InChI is InChI=1S/C16H15N13O5S3/c17-15-18-6(4-36-15)8(23-34)11(30)19-9-12(31)29-10(14(32)33)5(2-35-13(9)29)3-37-16-22-26-27-28(16)1-7-20-24-25-21-7/h4,9,13,34H,1-3H2,(H2,17,18)(H,19,30)(H,32,33)(H,20,21,24,25)/b23-8+/t9-,13-/m1/s1. The number of anilines is 1. The molecule has 5 heterocycles. The molecule has 1 fully saturated rings. The van der Waals surface area contributed by atoms with Crippen LogP contribution in [0.5, 0.6) is 0 Å². The molecule has 2 amide bonds. The maximum Gasteiger partial charge on any atom is 0.352 e. The maximum absolute atomic E-state index is 12.9. The monoisotopic (exact) mass is 565 g/mol. The molecule has 18 nitrogen and oxygen atoms in total. The first-order chi connectivity index (χ1) is 17.9. The van der Waals surface area contributed by atoms with Gasteiger partial charge in [0, 0.05) is 16.9 Å². The molecule has 0 aromatic carbocycles. The summed E-state index contributed by atoms with van der Waals surface area (Å²) >= 11 is 3.53. The summed E-state index contributed by atoms with van der Waals surface area (Å²) in [6.07, 6.45) is 0. The number of aromatic amines is 1. The molecule has 0 saturated carbocycles. The number of hydrogen-bond acceptors (Lipinski definition) is 16. The maximum atomic E-state index is 12.9. The molecule has 3 aromatic rings. The van der Waals surface area contributed by atoms with Crippen LogP contribution in [0.4, 0.5) is 5.13 Å². The molecule has 5 rings (SSSR count). The van der Waals surface area contributed by atoms with Gasteiger partial charge >= 0.3 is 5.97 Å². The SMILES string of the molecule is Nc1nc(/C(=N\O)C(=O)N[C@@H]2C(=O)N3C(C(=O)O)=C(CSc4nnnn4Cc4nnn[nH]4)CS[C@H]23)cs1. The average Bonchev–Trinajstić information content (AvgIpc) is 3.65. The van der Waals surface area contributed by atoms with E-state index in [4.69, 9.17) is 5.73 Å². The molecule has 1 saturated heterocycles. The number of amides is 2. The predicted octanol–water partition coefficient (Wildman–Crippen LogP) is -2.02. The Balaban J connectivity index is 1.28. The second-order valence-corrected chi connectivity index (χ2v) is 10.3. The highest BCUT2D eigenvalue weighted by atomic mass is 32.2. The molecule has 21 heteroatoms. The van der Waals surface area contributed by atoms with Crippen LogP contribution >= 0.6 is 34.9 Å². The molecule has 192 valence electrons. The van der Waals surface area contributed by atoms with Crippen molar-refractivity contribution in [3.63, 3.8) is 0 Å². The number of oxime groups is 1. The lowest BCUT2D eigenvalue weighted by molar-refractivity contribution is -0.150. The van der Waals surface area contributed by atoms with Gasteiger partial charge in [0.1, 0.15) is 29.4 Å². The van der Waals surface area contributed by atoms with Gasteiger partial charge in [-0.25, -0.2) is 19.6 Å². The number of H-pyrrole nitrogens is 1. The minimum absolute atomic E-state index is 0.0507. The third-order valence-corrected chi connectivity index (χ3v) is 8.24. The number of aromatic nitrogens is 9.